The molecule has 0 aliphatic heterocycles. The van der Waals surface area contributed by atoms with E-state index >= 15 is 0 Å². The van der Waals surface area contributed by atoms with Crippen LogP contribution >= 0.6 is 0 Å². The van der Waals surface area contributed by atoms with Crippen LogP contribution in [0.15, 0.2) is 54.6 Å². The van der Waals surface area contributed by atoms with Gasteiger partial charge < -0.3 is 9.47 Å². The van der Waals surface area contributed by atoms with Crippen LogP contribution in [0.3, 0.4) is 0 Å². The van der Waals surface area contributed by atoms with Crippen molar-refractivity contribution in [3.63, 3.8) is 0 Å². The van der Waals surface area contributed by atoms with E-state index in [1.54, 1.807) is 7.11 Å². The number of para-hydroxylation sites is 1. The van der Waals surface area contributed by atoms with Gasteiger partial charge in [-0.05, 0) is 23.6 Å². The van der Waals surface area contributed by atoms with Gasteiger partial charge in [0.15, 0.2) is 0 Å². The summed E-state index contributed by atoms with van der Waals surface area (Å²) in [6.07, 6.45) is 0.872. The number of benzene rings is 2. The van der Waals surface area contributed by atoms with Crippen LogP contribution in [0.4, 0.5) is 0 Å². The lowest BCUT2D eigenvalue weighted by Crippen LogP contribution is -2.00. The van der Waals surface area contributed by atoms with Gasteiger partial charge in [-0.25, -0.2) is 0 Å². The summed E-state index contributed by atoms with van der Waals surface area (Å²) in [5, 5.41) is 0. The molecule has 2 aromatic carbocycles. The molecule has 0 atom stereocenters. The molecule has 2 rings (SSSR count). The van der Waals surface area contributed by atoms with Crippen LogP contribution in [0.5, 0.6) is 5.75 Å². The molecular weight excluding hydrogens is 224 g/mol. The van der Waals surface area contributed by atoms with Crippen LogP contribution in [0, 0.1) is 0 Å². The van der Waals surface area contributed by atoms with E-state index < -0.39 is 0 Å². The van der Waals surface area contributed by atoms with Gasteiger partial charge in [0.25, 0.3) is 0 Å². The topological polar surface area (TPSA) is 18.5 Å². The van der Waals surface area contributed by atoms with Crippen LogP contribution in [-0.2, 0) is 17.8 Å². The molecule has 0 fully saturated rings. The smallest absolute Gasteiger partial charge is 0.122 e. The van der Waals surface area contributed by atoms with Crippen molar-refractivity contribution in [2.24, 2.45) is 0 Å². The summed E-state index contributed by atoms with van der Waals surface area (Å²) in [5.74, 6) is 0.931. The van der Waals surface area contributed by atoms with Gasteiger partial charge in [-0.1, -0.05) is 48.5 Å². The van der Waals surface area contributed by atoms with Gasteiger partial charge in [0.2, 0.25) is 0 Å². The summed E-state index contributed by atoms with van der Waals surface area (Å²) >= 11 is 0. The largest absolute Gasteiger partial charge is 0.496 e. The zero-order chi connectivity index (χ0) is 12.6. The molecule has 0 saturated carbocycles. The Bertz CT molecular complexity index is 466. The highest BCUT2D eigenvalue weighted by Crippen LogP contribution is 2.17. The zero-order valence-corrected chi connectivity index (χ0v) is 10.6. The fourth-order valence-electron chi connectivity index (χ4n) is 1.86. The lowest BCUT2D eigenvalue weighted by molar-refractivity contribution is 0.123. The normalized spacial score (nSPS) is 10.3. The Balaban J connectivity index is 1.78. The van der Waals surface area contributed by atoms with Crippen molar-refractivity contribution in [1.29, 1.82) is 0 Å². The molecular formula is C16H18O2. The minimum Gasteiger partial charge on any atom is -0.496 e. The zero-order valence-electron chi connectivity index (χ0n) is 10.6. The lowest BCUT2D eigenvalue weighted by atomic mass is 10.1. The molecule has 0 bridgehead atoms. The van der Waals surface area contributed by atoms with Crippen molar-refractivity contribution in [3.8, 4) is 5.75 Å². The van der Waals surface area contributed by atoms with E-state index in [-0.39, 0.29) is 0 Å². The molecule has 0 spiro atoms. The summed E-state index contributed by atoms with van der Waals surface area (Å²) in [6.45, 7) is 1.37. The van der Waals surface area contributed by atoms with Crippen molar-refractivity contribution in [3.05, 3.63) is 65.7 Å². The summed E-state index contributed by atoms with van der Waals surface area (Å²) in [5.41, 5.74) is 2.39. The fraction of sp³-hybridized carbons (Fsp3) is 0.250. The molecule has 0 aliphatic carbocycles. The monoisotopic (exact) mass is 242 g/mol. The van der Waals surface area contributed by atoms with Crippen LogP contribution in [0.1, 0.15) is 11.1 Å². The van der Waals surface area contributed by atoms with Crippen molar-refractivity contribution in [1.82, 2.24) is 0 Å². The van der Waals surface area contributed by atoms with Gasteiger partial charge in [-0.15, -0.1) is 0 Å². The van der Waals surface area contributed by atoms with Crippen molar-refractivity contribution in [2.45, 2.75) is 13.0 Å². The van der Waals surface area contributed by atoms with Gasteiger partial charge in [0.1, 0.15) is 5.75 Å². The second-order valence-electron chi connectivity index (χ2n) is 4.10. The van der Waals surface area contributed by atoms with E-state index in [1.165, 1.54) is 11.1 Å². The fourth-order valence-corrected chi connectivity index (χ4v) is 1.86. The van der Waals surface area contributed by atoms with E-state index in [9.17, 15) is 0 Å². The maximum absolute atomic E-state index is 5.67. The summed E-state index contributed by atoms with van der Waals surface area (Å²) in [7, 11) is 1.70. The lowest BCUT2D eigenvalue weighted by Gasteiger charge is -2.08. The predicted octanol–water partition coefficient (Wildman–Crippen LogP) is 3.45. The van der Waals surface area contributed by atoms with Crippen LogP contribution in [-0.4, -0.2) is 13.7 Å². The van der Waals surface area contributed by atoms with E-state index in [1.807, 2.05) is 36.4 Å². The third kappa shape index (κ3) is 3.60. The first-order valence-electron chi connectivity index (χ1n) is 6.13. The van der Waals surface area contributed by atoms with Gasteiger partial charge in [0.05, 0.1) is 20.3 Å². The Morgan fingerprint density at radius 2 is 1.61 bits per heavy atom. The molecule has 2 aromatic rings. The first-order valence-corrected chi connectivity index (χ1v) is 6.13. The number of hydrogen-bond acceptors (Lipinski definition) is 2. The van der Waals surface area contributed by atoms with Gasteiger partial charge in [0, 0.05) is 0 Å². The van der Waals surface area contributed by atoms with E-state index in [0.29, 0.717) is 13.2 Å². The molecule has 0 unspecified atom stereocenters. The van der Waals surface area contributed by atoms with Crippen LogP contribution in [0.2, 0.25) is 0 Å². The van der Waals surface area contributed by atoms with Gasteiger partial charge >= 0.3 is 0 Å². The van der Waals surface area contributed by atoms with E-state index in [0.717, 1.165) is 12.2 Å². The molecule has 0 N–H and O–H groups in total. The molecule has 2 heteroatoms. The highest BCUT2D eigenvalue weighted by Gasteiger charge is 2.01. The Morgan fingerprint density at radius 3 is 2.39 bits per heavy atom. The highest BCUT2D eigenvalue weighted by molar-refractivity contribution is 5.33. The minimum absolute atomic E-state index is 0.663. The van der Waals surface area contributed by atoms with Crippen LogP contribution < -0.4 is 4.74 Å². The average molecular weight is 242 g/mol. The maximum Gasteiger partial charge on any atom is 0.122 e. The Labute approximate surface area is 108 Å². The number of hydrogen-bond donors (Lipinski definition) is 0. The number of rotatable bonds is 6. The van der Waals surface area contributed by atoms with E-state index in [4.69, 9.17) is 9.47 Å². The molecule has 0 saturated heterocycles. The molecule has 0 radical (unpaired) electrons. The SMILES string of the molecule is COc1ccccc1CCOCc1ccccc1. The first-order chi connectivity index (χ1) is 8.90. The standard InChI is InChI=1S/C16H18O2/c1-17-16-10-6-5-9-15(16)11-12-18-13-14-7-3-2-4-8-14/h2-10H,11-13H2,1H3. The molecule has 0 heterocycles. The van der Waals surface area contributed by atoms with Gasteiger partial charge in [-0.2, -0.15) is 0 Å². The molecule has 0 aliphatic rings. The summed E-state index contributed by atoms with van der Waals surface area (Å²) in [6, 6.07) is 18.3. The summed E-state index contributed by atoms with van der Waals surface area (Å²) < 4.78 is 11.0. The molecule has 94 valence electrons. The van der Waals surface area contributed by atoms with Crippen LogP contribution in [0.25, 0.3) is 0 Å². The Kier molecular flexibility index (Phi) is 4.79. The Hall–Kier alpha value is -1.80. The third-order valence-corrected chi connectivity index (χ3v) is 2.82. The molecule has 0 aromatic heterocycles. The van der Waals surface area contributed by atoms with Crippen molar-refractivity contribution < 1.29 is 9.47 Å². The average Bonchev–Trinajstić information content (AvgIpc) is 2.45. The Morgan fingerprint density at radius 1 is 0.889 bits per heavy atom. The van der Waals surface area contributed by atoms with Crippen molar-refractivity contribution >= 4 is 0 Å². The predicted molar refractivity (Wildman–Crippen MR) is 72.8 cm³/mol. The van der Waals surface area contributed by atoms with Crippen molar-refractivity contribution in [2.75, 3.05) is 13.7 Å². The first kappa shape index (κ1) is 12.7. The molecule has 18 heavy (non-hydrogen) atoms. The number of methoxy groups -OCH3 is 1. The number of ether oxygens (including phenoxy) is 2. The maximum atomic E-state index is 5.67. The van der Waals surface area contributed by atoms with Gasteiger partial charge in [-0.3, -0.25) is 0 Å². The second kappa shape index (κ2) is 6.82. The molecule has 2 nitrogen and oxygen atoms in total. The van der Waals surface area contributed by atoms with E-state index in [2.05, 4.69) is 18.2 Å². The highest BCUT2D eigenvalue weighted by atomic mass is 16.5. The summed E-state index contributed by atoms with van der Waals surface area (Å²) in [4.78, 5) is 0. The second-order valence-corrected chi connectivity index (χ2v) is 4.10. The minimum atomic E-state index is 0.663. The quantitative estimate of drug-likeness (QED) is 0.722. The third-order valence-electron chi connectivity index (χ3n) is 2.82. The molecule has 0 amide bonds.